The van der Waals surface area contributed by atoms with E-state index in [4.69, 9.17) is 9.47 Å². The first-order chi connectivity index (χ1) is 12.8. The molecule has 1 heterocycles. The monoisotopic (exact) mass is 377 g/mol. The highest BCUT2D eigenvalue weighted by atomic mass is 16.5. The number of urea groups is 1. The number of nitrogens with zero attached hydrogens (tertiary/aromatic N) is 3. The SMILES string of the molecule is CCOc1ccc(CN(CC)C(=O)CN2C(=O)C(=O)N(C)C2=O)cc1OC. The van der Waals surface area contributed by atoms with Crippen molar-refractivity contribution < 1.29 is 28.7 Å². The third-order valence-electron chi connectivity index (χ3n) is 4.18. The van der Waals surface area contributed by atoms with Gasteiger partial charge in [-0.3, -0.25) is 19.3 Å². The fourth-order valence-electron chi connectivity index (χ4n) is 2.67. The van der Waals surface area contributed by atoms with Crippen molar-refractivity contribution in [2.24, 2.45) is 0 Å². The molecular weight excluding hydrogens is 354 g/mol. The fraction of sp³-hybridized carbons (Fsp3) is 0.444. The minimum atomic E-state index is -0.991. The normalized spacial score (nSPS) is 14.0. The highest BCUT2D eigenvalue weighted by Gasteiger charge is 2.43. The van der Waals surface area contributed by atoms with E-state index in [1.54, 1.807) is 19.1 Å². The summed E-state index contributed by atoms with van der Waals surface area (Å²) in [6, 6.07) is 4.55. The summed E-state index contributed by atoms with van der Waals surface area (Å²) in [5.41, 5.74) is 0.803. The van der Waals surface area contributed by atoms with E-state index < -0.39 is 30.3 Å². The second-order valence-electron chi connectivity index (χ2n) is 5.86. The van der Waals surface area contributed by atoms with E-state index in [-0.39, 0.29) is 6.54 Å². The summed E-state index contributed by atoms with van der Waals surface area (Å²) in [6.07, 6.45) is 0. The van der Waals surface area contributed by atoms with Gasteiger partial charge in [0, 0.05) is 20.1 Å². The molecule has 146 valence electrons. The molecule has 5 amide bonds. The van der Waals surface area contributed by atoms with Crippen LogP contribution in [0.4, 0.5) is 4.79 Å². The lowest BCUT2D eigenvalue weighted by molar-refractivity contribution is -0.144. The number of ether oxygens (including phenoxy) is 2. The van der Waals surface area contributed by atoms with E-state index >= 15 is 0 Å². The van der Waals surface area contributed by atoms with Crippen molar-refractivity contribution in [2.45, 2.75) is 20.4 Å². The van der Waals surface area contributed by atoms with Gasteiger partial charge in [0.05, 0.1) is 13.7 Å². The molecule has 1 aliphatic heterocycles. The van der Waals surface area contributed by atoms with Crippen molar-refractivity contribution in [1.29, 1.82) is 0 Å². The van der Waals surface area contributed by atoms with Crippen molar-refractivity contribution >= 4 is 23.8 Å². The highest BCUT2D eigenvalue weighted by Crippen LogP contribution is 2.28. The number of amides is 5. The van der Waals surface area contributed by atoms with E-state index in [0.717, 1.165) is 5.56 Å². The average molecular weight is 377 g/mol. The number of methoxy groups -OCH3 is 1. The van der Waals surface area contributed by atoms with Gasteiger partial charge in [0.2, 0.25) is 5.91 Å². The minimum absolute atomic E-state index is 0.262. The molecule has 1 aromatic carbocycles. The molecule has 0 unspecified atom stereocenters. The summed E-state index contributed by atoms with van der Waals surface area (Å²) in [5, 5.41) is 0. The Hall–Kier alpha value is -3.10. The summed E-state index contributed by atoms with van der Waals surface area (Å²) in [7, 11) is 2.74. The summed E-state index contributed by atoms with van der Waals surface area (Å²) in [4.78, 5) is 50.7. The largest absolute Gasteiger partial charge is 0.493 e. The standard InChI is InChI=1S/C18H23N3O6/c1-5-20(10-12-7-8-13(27-6-2)14(9-12)26-4)15(22)11-21-17(24)16(23)19(3)18(21)25/h7-9H,5-6,10-11H2,1-4H3. The summed E-state index contributed by atoms with van der Waals surface area (Å²) in [5.74, 6) is -1.21. The quantitative estimate of drug-likeness (QED) is 0.493. The summed E-state index contributed by atoms with van der Waals surface area (Å²) >= 11 is 0. The van der Waals surface area contributed by atoms with Gasteiger partial charge in [0.1, 0.15) is 6.54 Å². The van der Waals surface area contributed by atoms with Crippen LogP contribution in [-0.4, -0.2) is 72.3 Å². The highest BCUT2D eigenvalue weighted by molar-refractivity contribution is 6.44. The van der Waals surface area contributed by atoms with E-state index in [0.29, 0.717) is 34.5 Å². The van der Waals surface area contributed by atoms with Crippen LogP contribution >= 0.6 is 0 Å². The number of benzene rings is 1. The van der Waals surface area contributed by atoms with Gasteiger partial charge in [-0.2, -0.15) is 0 Å². The predicted molar refractivity (Wildman–Crippen MR) is 95.1 cm³/mol. The number of imide groups is 2. The van der Waals surface area contributed by atoms with Gasteiger partial charge in [-0.1, -0.05) is 6.07 Å². The molecule has 27 heavy (non-hydrogen) atoms. The molecule has 9 nitrogen and oxygen atoms in total. The van der Waals surface area contributed by atoms with E-state index in [9.17, 15) is 19.2 Å². The van der Waals surface area contributed by atoms with Crippen molar-refractivity contribution in [3.63, 3.8) is 0 Å². The third-order valence-corrected chi connectivity index (χ3v) is 4.18. The molecule has 2 rings (SSSR count). The van der Waals surface area contributed by atoms with Crippen LogP contribution in [0.1, 0.15) is 19.4 Å². The van der Waals surface area contributed by atoms with Crippen LogP contribution in [0.2, 0.25) is 0 Å². The van der Waals surface area contributed by atoms with Gasteiger partial charge in [-0.15, -0.1) is 0 Å². The van der Waals surface area contributed by atoms with Gasteiger partial charge in [-0.05, 0) is 31.5 Å². The Bertz CT molecular complexity index is 763. The van der Waals surface area contributed by atoms with Crippen LogP contribution in [0.3, 0.4) is 0 Å². The van der Waals surface area contributed by atoms with Gasteiger partial charge >= 0.3 is 17.8 Å². The molecule has 0 saturated carbocycles. The van der Waals surface area contributed by atoms with Crippen LogP contribution in [0.5, 0.6) is 11.5 Å². The molecule has 0 bridgehead atoms. The molecule has 0 radical (unpaired) electrons. The second-order valence-corrected chi connectivity index (χ2v) is 5.86. The second kappa shape index (κ2) is 8.52. The van der Waals surface area contributed by atoms with Crippen LogP contribution in [-0.2, 0) is 20.9 Å². The summed E-state index contributed by atoms with van der Waals surface area (Å²) in [6.45, 7) is 4.31. The molecule has 0 aliphatic carbocycles. The first-order valence-electron chi connectivity index (χ1n) is 8.54. The van der Waals surface area contributed by atoms with E-state index in [1.165, 1.54) is 19.1 Å². The van der Waals surface area contributed by atoms with Crippen molar-refractivity contribution in [3.8, 4) is 11.5 Å². The first kappa shape index (κ1) is 20.2. The maximum atomic E-state index is 12.6. The van der Waals surface area contributed by atoms with Crippen molar-refractivity contribution in [2.75, 3.05) is 33.9 Å². The topological polar surface area (TPSA) is 96.5 Å². The van der Waals surface area contributed by atoms with Crippen LogP contribution < -0.4 is 9.47 Å². The van der Waals surface area contributed by atoms with Gasteiger partial charge in [0.25, 0.3) is 0 Å². The van der Waals surface area contributed by atoms with E-state index in [1.807, 2.05) is 13.0 Å². The molecule has 9 heteroatoms. The lowest BCUT2D eigenvalue weighted by Crippen LogP contribution is -2.43. The fourth-order valence-corrected chi connectivity index (χ4v) is 2.67. The molecule has 1 saturated heterocycles. The molecule has 0 aromatic heterocycles. The maximum absolute atomic E-state index is 12.6. The first-order valence-corrected chi connectivity index (χ1v) is 8.54. The average Bonchev–Trinajstić information content (AvgIpc) is 2.84. The Labute approximate surface area is 157 Å². The van der Waals surface area contributed by atoms with Crippen molar-refractivity contribution in [1.82, 2.24) is 14.7 Å². The van der Waals surface area contributed by atoms with Crippen LogP contribution in [0.25, 0.3) is 0 Å². The number of carbonyl (C=O) groups excluding carboxylic acids is 4. The molecule has 1 aromatic rings. The molecule has 0 spiro atoms. The van der Waals surface area contributed by atoms with Crippen LogP contribution in [0.15, 0.2) is 18.2 Å². The Kier molecular flexibility index (Phi) is 6.38. The van der Waals surface area contributed by atoms with Gasteiger partial charge in [-0.25, -0.2) is 9.69 Å². The molecule has 1 fully saturated rings. The van der Waals surface area contributed by atoms with Crippen LogP contribution in [0, 0.1) is 0 Å². The zero-order chi connectivity index (χ0) is 20.1. The third kappa shape index (κ3) is 4.18. The summed E-state index contributed by atoms with van der Waals surface area (Å²) < 4.78 is 10.8. The molecular formula is C18H23N3O6. The lowest BCUT2D eigenvalue weighted by atomic mass is 10.2. The smallest absolute Gasteiger partial charge is 0.334 e. The van der Waals surface area contributed by atoms with Gasteiger partial charge in [0.15, 0.2) is 11.5 Å². The zero-order valence-corrected chi connectivity index (χ0v) is 15.9. The number of likely N-dealkylation sites (N-methyl/N-ethyl adjacent to an activating group) is 2. The van der Waals surface area contributed by atoms with Crippen molar-refractivity contribution in [3.05, 3.63) is 23.8 Å². The molecule has 0 N–H and O–H groups in total. The predicted octanol–water partition coefficient (Wildman–Crippen LogP) is 0.863. The number of carbonyl (C=O) groups is 4. The molecule has 0 atom stereocenters. The minimum Gasteiger partial charge on any atom is -0.493 e. The van der Waals surface area contributed by atoms with E-state index in [2.05, 4.69) is 0 Å². The van der Waals surface area contributed by atoms with Gasteiger partial charge < -0.3 is 14.4 Å². The zero-order valence-electron chi connectivity index (χ0n) is 15.9. The number of hydrogen-bond acceptors (Lipinski definition) is 6. The Morgan fingerprint density at radius 2 is 1.81 bits per heavy atom. The molecule has 1 aliphatic rings. The lowest BCUT2D eigenvalue weighted by Gasteiger charge is -2.23. The Morgan fingerprint density at radius 1 is 1.11 bits per heavy atom. The number of hydrogen-bond donors (Lipinski definition) is 0. The number of rotatable bonds is 8. The Balaban J connectivity index is 2.10. The Morgan fingerprint density at radius 3 is 2.33 bits per heavy atom. The maximum Gasteiger partial charge on any atom is 0.334 e.